The number of anilines is 1. The van der Waals surface area contributed by atoms with Gasteiger partial charge in [-0.25, -0.2) is 8.42 Å². The van der Waals surface area contributed by atoms with Gasteiger partial charge in [-0.15, -0.1) is 0 Å². The minimum absolute atomic E-state index is 0.0684. The second-order valence-corrected chi connectivity index (χ2v) is 6.54. The molecule has 0 heterocycles. The first-order chi connectivity index (χ1) is 8.84. The summed E-state index contributed by atoms with van der Waals surface area (Å²) >= 11 is 0. The number of methoxy groups -OCH3 is 1. The van der Waals surface area contributed by atoms with E-state index in [-0.39, 0.29) is 10.9 Å². The summed E-state index contributed by atoms with van der Waals surface area (Å²) in [5.74, 6) is 0.310. The zero-order valence-corrected chi connectivity index (χ0v) is 12.7. The summed E-state index contributed by atoms with van der Waals surface area (Å²) in [6.45, 7) is 3.91. The SMILES string of the molecule is CCCC(C)N(C)S(=O)(=O)c1cc(N)ccc1OC. The molecule has 0 saturated heterocycles. The molecule has 0 spiro atoms. The largest absolute Gasteiger partial charge is 0.495 e. The van der Waals surface area contributed by atoms with Crippen LogP contribution in [0.3, 0.4) is 0 Å². The molecule has 0 bridgehead atoms. The molecule has 1 aromatic rings. The number of sulfonamides is 1. The number of nitrogens with zero attached hydrogens (tertiary/aromatic N) is 1. The van der Waals surface area contributed by atoms with Gasteiger partial charge >= 0.3 is 0 Å². The van der Waals surface area contributed by atoms with Crippen molar-refractivity contribution in [3.8, 4) is 5.75 Å². The lowest BCUT2D eigenvalue weighted by Crippen LogP contribution is -2.35. The Morgan fingerprint density at radius 1 is 1.42 bits per heavy atom. The van der Waals surface area contributed by atoms with E-state index >= 15 is 0 Å². The van der Waals surface area contributed by atoms with E-state index in [0.29, 0.717) is 11.4 Å². The van der Waals surface area contributed by atoms with Gasteiger partial charge in [0, 0.05) is 18.8 Å². The Labute approximate surface area is 115 Å². The van der Waals surface area contributed by atoms with Crippen molar-refractivity contribution in [3.63, 3.8) is 0 Å². The number of hydrogen-bond acceptors (Lipinski definition) is 4. The van der Waals surface area contributed by atoms with Crippen molar-refractivity contribution in [1.29, 1.82) is 0 Å². The summed E-state index contributed by atoms with van der Waals surface area (Å²) in [6.07, 6.45) is 1.73. The number of ether oxygens (including phenoxy) is 1. The second kappa shape index (κ2) is 6.25. The van der Waals surface area contributed by atoms with Gasteiger partial charge < -0.3 is 10.5 Å². The smallest absolute Gasteiger partial charge is 0.246 e. The highest BCUT2D eigenvalue weighted by molar-refractivity contribution is 7.89. The van der Waals surface area contributed by atoms with E-state index in [1.807, 2.05) is 13.8 Å². The molecule has 0 fully saturated rings. The quantitative estimate of drug-likeness (QED) is 0.813. The van der Waals surface area contributed by atoms with Gasteiger partial charge in [-0.2, -0.15) is 4.31 Å². The maximum Gasteiger partial charge on any atom is 0.246 e. The Kier molecular flexibility index (Phi) is 5.20. The summed E-state index contributed by atoms with van der Waals surface area (Å²) in [6, 6.07) is 4.55. The summed E-state index contributed by atoms with van der Waals surface area (Å²) in [5.41, 5.74) is 6.07. The Bertz CT molecular complexity index is 529. The number of benzene rings is 1. The number of hydrogen-bond donors (Lipinski definition) is 1. The van der Waals surface area contributed by atoms with Crippen molar-refractivity contribution in [2.45, 2.75) is 37.6 Å². The Morgan fingerprint density at radius 2 is 2.05 bits per heavy atom. The third-order valence-corrected chi connectivity index (χ3v) is 5.16. The van der Waals surface area contributed by atoms with E-state index < -0.39 is 10.0 Å². The molecule has 1 atom stereocenters. The van der Waals surface area contributed by atoms with Crippen LogP contribution in [0.4, 0.5) is 5.69 Å². The van der Waals surface area contributed by atoms with Crippen LogP contribution in [0.25, 0.3) is 0 Å². The van der Waals surface area contributed by atoms with E-state index in [1.54, 1.807) is 19.2 Å². The van der Waals surface area contributed by atoms with Gasteiger partial charge in [0.25, 0.3) is 0 Å². The van der Waals surface area contributed by atoms with Crippen molar-refractivity contribution in [3.05, 3.63) is 18.2 Å². The fourth-order valence-electron chi connectivity index (χ4n) is 1.89. The highest BCUT2D eigenvalue weighted by atomic mass is 32.2. The molecule has 1 rings (SSSR count). The molecule has 0 radical (unpaired) electrons. The lowest BCUT2D eigenvalue weighted by Gasteiger charge is -2.24. The predicted molar refractivity (Wildman–Crippen MR) is 76.7 cm³/mol. The van der Waals surface area contributed by atoms with Crippen LogP contribution in [0, 0.1) is 0 Å². The van der Waals surface area contributed by atoms with Gasteiger partial charge in [-0.1, -0.05) is 13.3 Å². The van der Waals surface area contributed by atoms with Crippen LogP contribution in [-0.4, -0.2) is 32.9 Å². The monoisotopic (exact) mass is 286 g/mol. The number of nitrogens with two attached hydrogens (primary N) is 1. The Hall–Kier alpha value is -1.27. The van der Waals surface area contributed by atoms with Gasteiger partial charge in [-0.3, -0.25) is 0 Å². The average Bonchev–Trinajstić information content (AvgIpc) is 2.38. The van der Waals surface area contributed by atoms with Crippen molar-refractivity contribution >= 4 is 15.7 Å². The highest BCUT2D eigenvalue weighted by Crippen LogP contribution is 2.29. The molecule has 0 aliphatic rings. The van der Waals surface area contributed by atoms with Crippen LogP contribution < -0.4 is 10.5 Å². The van der Waals surface area contributed by atoms with Gasteiger partial charge in [0.05, 0.1) is 7.11 Å². The molecule has 2 N–H and O–H groups in total. The van der Waals surface area contributed by atoms with E-state index in [9.17, 15) is 8.42 Å². The zero-order chi connectivity index (χ0) is 14.6. The molecule has 5 nitrogen and oxygen atoms in total. The molecule has 19 heavy (non-hydrogen) atoms. The van der Waals surface area contributed by atoms with Crippen LogP contribution in [0.2, 0.25) is 0 Å². The molecular formula is C13H22N2O3S. The first-order valence-electron chi connectivity index (χ1n) is 6.26. The maximum atomic E-state index is 12.6. The minimum atomic E-state index is -3.60. The Balaban J connectivity index is 3.23. The summed E-state index contributed by atoms with van der Waals surface area (Å²) in [4.78, 5) is 0.112. The average molecular weight is 286 g/mol. The molecule has 0 amide bonds. The van der Waals surface area contributed by atoms with E-state index in [4.69, 9.17) is 10.5 Å². The van der Waals surface area contributed by atoms with Gasteiger partial charge in [0.2, 0.25) is 10.0 Å². The standard InChI is InChI=1S/C13H22N2O3S/c1-5-6-10(2)15(3)19(16,17)13-9-11(14)7-8-12(13)18-4/h7-10H,5-6,14H2,1-4H3. The van der Waals surface area contributed by atoms with Crippen molar-refractivity contribution in [1.82, 2.24) is 4.31 Å². The van der Waals surface area contributed by atoms with Crippen LogP contribution >= 0.6 is 0 Å². The molecular weight excluding hydrogens is 264 g/mol. The zero-order valence-electron chi connectivity index (χ0n) is 11.9. The van der Waals surface area contributed by atoms with E-state index in [1.165, 1.54) is 17.5 Å². The van der Waals surface area contributed by atoms with Crippen LogP contribution in [0.15, 0.2) is 23.1 Å². The van der Waals surface area contributed by atoms with E-state index in [0.717, 1.165) is 12.8 Å². The topological polar surface area (TPSA) is 72.6 Å². The summed E-state index contributed by atoms with van der Waals surface area (Å²) < 4.78 is 31.6. The fraction of sp³-hybridized carbons (Fsp3) is 0.538. The molecule has 0 aliphatic carbocycles. The molecule has 1 aromatic carbocycles. The number of rotatable bonds is 6. The molecule has 0 aromatic heterocycles. The Morgan fingerprint density at radius 3 is 2.58 bits per heavy atom. The third kappa shape index (κ3) is 3.39. The predicted octanol–water partition coefficient (Wildman–Crippen LogP) is 2.09. The van der Waals surface area contributed by atoms with Crippen molar-refractivity contribution in [2.24, 2.45) is 0 Å². The van der Waals surface area contributed by atoms with Crippen molar-refractivity contribution < 1.29 is 13.2 Å². The van der Waals surface area contributed by atoms with Gasteiger partial charge in [0.1, 0.15) is 10.6 Å². The lowest BCUT2D eigenvalue weighted by molar-refractivity contribution is 0.362. The molecule has 6 heteroatoms. The normalized spacial score (nSPS) is 13.5. The maximum absolute atomic E-state index is 12.6. The van der Waals surface area contributed by atoms with E-state index in [2.05, 4.69) is 0 Å². The summed E-state index contributed by atoms with van der Waals surface area (Å²) in [7, 11) is -0.571. The van der Waals surface area contributed by atoms with Gasteiger partial charge in [0.15, 0.2) is 0 Å². The first-order valence-corrected chi connectivity index (χ1v) is 7.70. The number of nitrogen functional groups attached to an aromatic ring is 1. The lowest BCUT2D eigenvalue weighted by atomic mass is 10.2. The van der Waals surface area contributed by atoms with Gasteiger partial charge in [-0.05, 0) is 31.5 Å². The van der Waals surface area contributed by atoms with Crippen LogP contribution in [0.5, 0.6) is 5.75 Å². The fourth-order valence-corrected chi connectivity index (χ4v) is 3.47. The molecule has 1 unspecified atom stereocenters. The molecule has 0 saturated carbocycles. The van der Waals surface area contributed by atoms with Crippen molar-refractivity contribution in [2.75, 3.05) is 19.9 Å². The first kappa shape index (κ1) is 15.8. The molecule has 108 valence electrons. The van der Waals surface area contributed by atoms with Crippen LogP contribution in [-0.2, 0) is 10.0 Å². The minimum Gasteiger partial charge on any atom is -0.495 e. The third-order valence-electron chi connectivity index (χ3n) is 3.17. The molecule has 0 aliphatic heterocycles. The highest BCUT2D eigenvalue weighted by Gasteiger charge is 2.28. The van der Waals surface area contributed by atoms with Crippen LogP contribution in [0.1, 0.15) is 26.7 Å². The summed E-state index contributed by atoms with van der Waals surface area (Å²) in [5, 5.41) is 0. The second-order valence-electron chi connectivity index (χ2n) is 4.57.